The van der Waals surface area contributed by atoms with E-state index in [2.05, 4.69) is 4.98 Å². The molecule has 72 valence electrons. The van der Waals surface area contributed by atoms with Crippen LogP contribution < -0.4 is 0 Å². The zero-order valence-corrected chi connectivity index (χ0v) is 7.85. The molecule has 2 aromatic rings. The minimum absolute atomic E-state index is 0.0341. The van der Waals surface area contributed by atoms with Crippen LogP contribution >= 0.6 is 0 Å². The van der Waals surface area contributed by atoms with Crippen molar-refractivity contribution in [3.63, 3.8) is 0 Å². The highest BCUT2D eigenvalue weighted by Crippen LogP contribution is 2.40. The van der Waals surface area contributed by atoms with Crippen LogP contribution in [0.2, 0.25) is 0 Å². The van der Waals surface area contributed by atoms with Crippen LogP contribution in [0.25, 0.3) is 11.0 Å². The van der Waals surface area contributed by atoms with Crippen LogP contribution in [0.5, 0.6) is 0 Å². The zero-order chi connectivity index (χ0) is 9.54. The van der Waals surface area contributed by atoms with Crippen molar-refractivity contribution < 1.29 is 5.11 Å². The molecule has 0 unspecified atom stereocenters. The lowest BCUT2D eigenvalue weighted by atomic mass is 10.3. The summed E-state index contributed by atoms with van der Waals surface area (Å²) >= 11 is 0. The maximum atomic E-state index is 9.30. The van der Waals surface area contributed by atoms with Gasteiger partial charge >= 0.3 is 0 Å². The molecule has 1 aliphatic rings. The second kappa shape index (κ2) is 2.82. The zero-order valence-electron chi connectivity index (χ0n) is 7.85. The standard InChI is InChI=1S/C11H12N2O/c14-7-13-10-4-2-1-3-9(10)12-11(13)8-5-6-8/h1-4,8,14H,5-7H2. The highest BCUT2D eigenvalue weighted by molar-refractivity contribution is 5.76. The van der Waals surface area contributed by atoms with Gasteiger partial charge in [-0.15, -0.1) is 0 Å². The summed E-state index contributed by atoms with van der Waals surface area (Å²) < 4.78 is 1.91. The van der Waals surface area contributed by atoms with Crippen molar-refractivity contribution in [3.05, 3.63) is 30.1 Å². The third-order valence-electron chi connectivity index (χ3n) is 2.77. The van der Waals surface area contributed by atoms with Crippen molar-refractivity contribution >= 4 is 11.0 Å². The van der Waals surface area contributed by atoms with Gasteiger partial charge in [-0.3, -0.25) is 0 Å². The normalized spacial score (nSPS) is 16.4. The van der Waals surface area contributed by atoms with Gasteiger partial charge in [0.2, 0.25) is 0 Å². The fraction of sp³-hybridized carbons (Fsp3) is 0.364. The van der Waals surface area contributed by atoms with E-state index in [-0.39, 0.29) is 6.73 Å². The number of para-hydroxylation sites is 2. The summed E-state index contributed by atoms with van der Waals surface area (Å²) in [5.74, 6) is 1.63. The predicted molar refractivity (Wildman–Crippen MR) is 53.9 cm³/mol. The van der Waals surface area contributed by atoms with E-state index in [9.17, 15) is 5.11 Å². The summed E-state index contributed by atoms with van der Waals surface area (Å²) in [6, 6.07) is 7.96. The number of aliphatic hydroxyl groups excluding tert-OH is 1. The minimum Gasteiger partial charge on any atom is -0.376 e. The molecule has 1 N–H and O–H groups in total. The average Bonchev–Trinajstić information content (AvgIpc) is 2.99. The highest BCUT2D eigenvalue weighted by Gasteiger charge is 2.29. The molecule has 0 radical (unpaired) electrons. The molecule has 3 rings (SSSR count). The number of rotatable bonds is 2. The molecule has 3 heteroatoms. The number of hydrogen-bond acceptors (Lipinski definition) is 2. The second-order valence-electron chi connectivity index (χ2n) is 3.80. The SMILES string of the molecule is OCn1c(C2CC2)nc2ccccc21. The Bertz CT molecular complexity index is 471. The molecular formula is C11H12N2O. The quantitative estimate of drug-likeness (QED) is 0.781. The number of fused-ring (bicyclic) bond motifs is 1. The van der Waals surface area contributed by atoms with E-state index in [0.717, 1.165) is 16.9 Å². The maximum absolute atomic E-state index is 9.30. The fourth-order valence-electron chi connectivity index (χ4n) is 1.90. The molecule has 0 amide bonds. The third-order valence-corrected chi connectivity index (χ3v) is 2.77. The molecule has 1 heterocycles. The van der Waals surface area contributed by atoms with Gasteiger partial charge in [0.1, 0.15) is 12.6 Å². The van der Waals surface area contributed by atoms with Crippen molar-refractivity contribution in [3.8, 4) is 0 Å². The van der Waals surface area contributed by atoms with Gasteiger partial charge in [-0.1, -0.05) is 12.1 Å². The number of nitrogens with zero attached hydrogens (tertiary/aromatic N) is 2. The molecule has 1 saturated carbocycles. The lowest BCUT2D eigenvalue weighted by Gasteiger charge is -2.02. The third kappa shape index (κ3) is 1.06. The summed E-state index contributed by atoms with van der Waals surface area (Å²) in [6.45, 7) is 0.0341. The Morgan fingerprint density at radius 2 is 2.14 bits per heavy atom. The number of benzene rings is 1. The first kappa shape index (κ1) is 8.00. The highest BCUT2D eigenvalue weighted by atomic mass is 16.3. The molecular weight excluding hydrogens is 176 g/mol. The van der Waals surface area contributed by atoms with Crippen molar-refractivity contribution in [1.29, 1.82) is 0 Å². The molecule has 1 aromatic heterocycles. The van der Waals surface area contributed by atoms with Gasteiger partial charge in [-0.05, 0) is 25.0 Å². The number of imidazole rings is 1. The van der Waals surface area contributed by atoms with Crippen molar-refractivity contribution in [2.45, 2.75) is 25.5 Å². The van der Waals surface area contributed by atoms with E-state index in [4.69, 9.17) is 0 Å². The van der Waals surface area contributed by atoms with Crippen molar-refractivity contribution in [2.75, 3.05) is 0 Å². The van der Waals surface area contributed by atoms with Crippen molar-refractivity contribution in [1.82, 2.24) is 9.55 Å². The first-order valence-corrected chi connectivity index (χ1v) is 4.96. The van der Waals surface area contributed by atoms with Gasteiger partial charge < -0.3 is 9.67 Å². The van der Waals surface area contributed by atoms with Crippen LogP contribution in [0.1, 0.15) is 24.6 Å². The topological polar surface area (TPSA) is 38.0 Å². The molecule has 1 aromatic carbocycles. The van der Waals surface area contributed by atoms with Crippen LogP contribution in [0.4, 0.5) is 0 Å². The van der Waals surface area contributed by atoms with Gasteiger partial charge in [0, 0.05) is 5.92 Å². The van der Waals surface area contributed by atoms with E-state index in [1.54, 1.807) is 0 Å². The Hall–Kier alpha value is -1.35. The van der Waals surface area contributed by atoms with E-state index < -0.39 is 0 Å². The Labute approximate surface area is 82.0 Å². The Balaban J connectivity index is 2.28. The number of hydrogen-bond donors (Lipinski definition) is 1. The number of aromatic nitrogens is 2. The minimum atomic E-state index is 0.0341. The van der Waals surface area contributed by atoms with E-state index in [0.29, 0.717) is 5.92 Å². The number of aliphatic hydroxyl groups is 1. The summed E-state index contributed by atoms with van der Waals surface area (Å²) in [5, 5.41) is 9.30. The van der Waals surface area contributed by atoms with Gasteiger partial charge in [0.25, 0.3) is 0 Å². The molecule has 0 atom stereocenters. The molecule has 0 spiro atoms. The van der Waals surface area contributed by atoms with E-state index in [1.165, 1.54) is 12.8 Å². The Kier molecular flexibility index (Phi) is 1.61. The Morgan fingerprint density at radius 3 is 2.86 bits per heavy atom. The lowest BCUT2D eigenvalue weighted by Crippen LogP contribution is -2.01. The summed E-state index contributed by atoms with van der Waals surface area (Å²) in [7, 11) is 0. The maximum Gasteiger partial charge on any atom is 0.121 e. The van der Waals surface area contributed by atoms with Crippen LogP contribution in [0.15, 0.2) is 24.3 Å². The van der Waals surface area contributed by atoms with Crippen LogP contribution in [-0.2, 0) is 6.73 Å². The summed E-state index contributed by atoms with van der Waals surface area (Å²) in [5.41, 5.74) is 2.03. The van der Waals surface area contributed by atoms with Gasteiger partial charge in [-0.2, -0.15) is 0 Å². The largest absolute Gasteiger partial charge is 0.376 e. The molecule has 0 aliphatic heterocycles. The Morgan fingerprint density at radius 1 is 1.36 bits per heavy atom. The van der Waals surface area contributed by atoms with Crippen LogP contribution in [0, 0.1) is 0 Å². The van der Waals surface area contributed by atoms with Crippen LogP contribution in [-0.4, -0.2) is 14.7 Å². The first-order chi connectivity index (χ1) is 6.90. The lowest BCUT2D eigenvalue weighted by molar-refractivity contribution is 0.211. The smallest absolute Gasteiger partial charge is 0.121 e. The van der Waals surface area contributed by atoms with E-state index >= 15 is 0 Å². The van der Waals surface area contributed by atoms with Gasteiger partial charge in [-0.25, -0.2) is 4.98 Å². The average molecular weight is 188 g/mol. The molecule has 0 bridgehead atoms. The molecule has 1 fully saturated rings. The molecule has 3 nitrogen and oxygen atoms in total. The molecule has 14 heavy (non-hydrogen) atoms. The fourth-order valence-corrected chi connectivity index (χ4v) is 1.90. The van der Waals surface area contributed by atoms with Gasteiger partial charge in [0.15, 0.2) is 0 Å². The monoisotopic (exact) mass is 188 g/mol. The summed E-state index contributed by atoms with van der Waals surface area (Å²) in [4.78, 5) is 4.55. The van der Waals surface area contributed by atoms with E-state index in [1.807, 2.05) is 28.8 Å². The first-order valence-electron chi connectivity index (χ1n) is 4.96. The van der Waals surface area contributed by atoms with Crippen molar-refractivity contribution in [2.24, 2.45) is 0 Å². The summed E-state index contributed by atoms with van der Waals surface area (Å²) in [6.07, 6.45) is 2.42. The molecule has 0 saturated heterocycles. The predicted octanol–water partition coefficient (Wildman–Crippen LogP) is 1.86. The van der Waals surface area contributed by atoms with Crippen LogP contribution in [0.3, 0.4) is 0 Å². The van der Waals surface area contributed by atoms with Gasteiger partial charge in [0.05, 0.1) is 11.0 Å². The molecule has 1 aliphatic carbocycles. The second-order valence-corrected chi connectivity index (χ2v) is 3.80.